The Kier molecular flexibility index (Phi) is 4.09. The number of likely N-dealkylation sites (N-methyl/N-ethyl adjacent to an activating group) is 1. The SMILES string of the molecule is CN(C)CCn1c(=O)c2cccc3c4c(n(c1=O)c32)Cc1ccccc1-4.Cl. The van der Waals surface area contributed by atoms with Crippen molar-refractivity contribution in [2.24, 2.45) is 0 Å². The summed E-state index contributed by atoms with van der Waals surface area (Å²) < 4.78 is 3.15. The minimum absolute atomic E-state index is 0. The van der Waals surface area contributed by atoms with Gasteiger partial charge < -0.3 is 4.90 Å². The van der Waals surface area contributed by atoms with Crippen molar-refractivity contribution in [1.29, 1.82) is 0 Å². The second-order valence-electron chi connectivity index (χ2n) is 7.24. The maximum atomic E-state index is 13.2. The Labute approximate surface area is 162 Å². The molecule has 0 amide bonds. The van der Waals surface area contributed by atoms with Gasteiger partial charge >= 0.3 is 5.69 Å². The summed E-state index contributed by atoms with van der Waals surface area (Å²) in [5.41, 5.74) is 4.86. The normalized spacial score (nSPS) is 12.6. The number of benzene rings is 2. The van der Waals surface area contributed by atoms with Crippen LogP contribution in [0.2, 0.25) is 0 Å². The van der Waals surface area contributed by atoms with Gasteiger partial charge in [0.15, 0.2) is 0 Å². The van der Waals surface area contributed by atoms with Crippen LogP contribution in [0.15, 0.2) is 52.1 Å². The molecule has 0 bridgehead atoms. The fourth-order valence-electron chi connectivity index (χ4n) is 4.19. The molecule has 0 atom stereocenters. The highest BCUT2D eigenvalue weighted by atomic mass is 35.5. The van der Waals surface area contributed by atoms with Crippen LogP contribution in [0, 0.1) is 0 Å². The second-order valence-corrected chi connectivity index (χ2v) is 7.24. The summed E-state index contributed by atoms with van der Waals surface area (Å²) in [6, 6.07) is 14.0. The van der Waals surface area contributed by atoms with Crippen LogP contribution in [0.4, 0.5) is 0 Å². The van der Waals surface area contributed by atoms with Crippen molar-refractivity contribution in [3.63, 3.8) is 0 Å². The van der Waals surface area contributed by atoms with Gasteiger partial charge in [0, 0.05) is 36.2 Å². The van der Waals surface area contributed by atoms with E-state index in [1.54, 1.807) is 4.40 Å². The van der Waals surface area contributed by atoms with Crippen LogP contribution in [0.25, 0.3) is 27.4 Å². The molecule has 1 aliphatic carbocycles. The summed E-state index contributed by atoms with van der Waals surface area (Å²) in [6.07, 6.45) is 0.723. The van der Waals surface area contributed by atoms with Crippen molar-refractivity contribution in [1.82, 2.24) is 13.9 Å². The predicted molar refractivity (Wildman–Crippen MR) is 111 cm³/mol. The number of aromatic nitrogens is 2. The van der Waals surface area contributed by atoms with Crippen LogP contribution < -0.4 is 11.2 Å². The van der Waals surface area contributed by atoms with Crippen LogP contribution in [-0.4, -0.2) is 34.5 Å². The minimum Gasteiger partial charge on any atom is -0.308 e. The van der Waals surface area contributed by atoms with Crippen molar-refractivity contribution in [3.8, 4) is 11.1 Å². The first kappa shape index (κ1) is 17.8. The van der Waals surface area contributed by atoms with E-state index in [1.807, 2.05) is 49.3 Å². The molecule has 2 aromatic heterocycles. The Morgan fingerprint density at radius 2 is 1.74 bits per heavy atom. The molecule has 0 radical (unpaired) electrons. The fourth-order valence-corrected chi connectivity index (χ4v) is 4.19. The zero-order chi connectivity index (χ0) is 18.0. The largest absolute Gasteiger partial charge is 0.335 e. The molecule has 0 spiro atoms. The Bertz CT molecular complexity index is 1290. The van der Waals surface area contributed by atoms with E-state index in [0.717, 1.165) is 28.6 Å². The topological polar surface area (TPSA) is 46.7 Å². The number of rotatable bonds is 3. The lowest BCUT2D eigenvalue weighted by atomic mass is 10.0. The molecule has 0 aliphatic heterocycles. The Hall–Kier alpha value is -2.63. The molecule has 27 heavy (non-hydrogen) atoms. The highest BCUT2D eigenvalue weighted by Gasteiger charge is 2.28. The molecular formula is C21H20ClN3O2. The van der Waals surface area contributed by atoms with Crippen molar-refractivity contribution < 1.29 is 0 Å². The summed E-state index contributed by atoms with van der Waals surface area (Å²) in [7, 11) is 3.88. The van der Waals surface area contributed by atoms with Crippen LogP contribution >= 0.6 is 12.4 Å². The monoisotopic (exact) mass is 381 g/mol. The van der Waals surface area contributed by atoms with Crippen molar-refractivity contribution in [2.45, 2.75) is 13.0 Å². The highest BCUT2D eigenvalue weighted by Crippen LogP contribution is 2.42. The molecular weight excluding hydrogens is 362 g/mol. The van der Waals surface area contributed by atoms with Crippen molar-refractivity contribution in [2.75, 3.05) is 20.6 Å². The van der Waals surface area contributed by atoms with Crippen LogP contribution in [-0.2, 0) is 13.0 Å². The van der Waals surface area contributed by atoms with Gasteiger partial charge in [0.25, 0.3) is 5.56 Å². The first-order chi connectivity index (χ1) is 12.6. The van der Waals surface area contributed by atoms with Gasteiger partial charge in [-0.15, -0.1) is 12.4 Å². The molecule has 0 N–H and O–H groups in total. The molecule has 4 aromatic rings. The average molecular weight is 382 g/mol. The molecule has 0 saturated heterocycles. The molecule has 138 valence electrons. The van der Waals surface area contributed by atoms with E-state index >= 15 is 0 Å². The zero-order valence-corrected chi connectivity index (χ0v) is 16.0. The van der Waals surface area contributed by atoms with Gasteiger partial charge in [-0.25, -0.2) is 4.79 Å². The molecule has 0 saturated carbocycles. The quantitative estimate of drug-likeness (QED) is 0.482. The van der Waals surface area contributed by atoms with Gasteiger partial charge in [-0.3, -0.25) is 13.8 Å². The summed E-state index contributed by atoms with van der Waals surface area (Å²) in [5.74, 6) is 0. The Balaban J connectivity index is 0.00000180. The smallest absolute Gasteiger partial charge is 0.308 e. The molecule has 2 heterocycles. The van der Waals surface area contributed by atoms with Gasteiger partial charge in [0.1, 0.15) is 0 Å². The van der Waals surface area contributed by atoms with Gasteiger partial charge in [-0.1, -0.05) is 36.4 Å². The maximum absolute atomic E-state index is 13.2. The Morgan fingerprint density at radius 1 is 1.00 bits per heavy atom. The van der Waals surface area contributed by atoms with E-state index in [-0.39, 0.29) is 23.7 Å². The van der Waals surface area contributed by atoms with Gasteiger partial charge in [0.2, 0.25) is 0 Å². The van der Waals surface area contributed by atoms with E-state index in [4.69, 9.17) is 0 Å². The molecule has 5 nitrogen and oxygen atoms in total. The fraction of sp³-hybridized carbons (Fsp3) is 0.238. The predicted octanol–water partition coefficient (Wildman–Crippen LogP) is 2.61. The summed E-state index contributed by atoms with van der Waals surface area (Å²) in [5, 5.41) is 1.61. The number of halogens is 1. The number of para-hydroxylation sites is 1. The summed E-state index contributed by atoms with van der Waals surface area (Å²) in [4.78, 5) is 28.2. The third-order valence-electron chi connectivity index (χ3n) is 5.40. The number of fused-ring (bicyclic) bond motifs is 5. The summed E-state index contributed by atoms with van der Waals surface area (Å²) >= 11 is 0. The standard InChI is InChI=1S/C21H19N3O2.ClH/c1-22(2)10-11-23-20(25)16-9-5-8-15-18-14-7-4-3-6-13(14)12-17(18)24(19(15)16)21(23)26;/h3-9H,10-12H2,1-2H3;1H. The zero-order valence-electron chi connectivity index (χ0n) is 15.2. The molecule has 2 aromatic carbocycles. The molecule has 6 heteroatoms. The third kappa shape index (κ3) is 2.35. The number of hydrogen-bond acceptors (Lipinski definition) is 3. The number of nitrogens with zero attached hydrogens (tertiary/aromatic N) is 3. The maximum Gasteiger partial charge on any atom is 0.335 e. The first-order valence-corrected chi connectivity index (χ1v) is 8.83. The van der Waals surface area contributed by atoms with E-state index in [9.17, 15) is 9.59 Å². The van der Waals surface area contributed by atoms with E-state index in [2.05, 4.69) is 12.1 Å². The minimum atomic E-state index is -0.227. The van der Waals surface area contributed by atoms with Crippen molar-refractivity contribution in [3.05, 3.63) is 74.6 Å². The molecule has 0 unspecified atom stereocenters. The molecule has 1 aliphatic rings. The van der Waals surface area contributed by atoms with E-state index in [0.29, 0.717) is 18.5 Å². The van der Waals surface area contributed by atoms with Gasteiger partial charge in [0.05, 0.1) is 10.9 Å². The van der Waals surface area contributed by atoms with Crippen LogP contribution in [0.1, 0.15) is 11.3 Å². The lowest BCUT2D eigenvalue weighted by Gasteiger charge is -2.12. The lowest BCUT2D eigenvalue weighted by Crippen LogP contribution is -2.40. The van der Waals surface area contributed by atoms with E-state index < -0.39 is 0 Å². The van der Waals surface area contributed by atoms with E-state index in [1.165, 1.54) is 15.7 Å². The highest BCUT2D eigenvalue weighted by molar-refractivity contribution is 6.07. The Morgan fingerprint density at radius 3 is 2.52 bits per heavy atom. The van der Waals surface area contributed by atoms with Crippen LogP contribution in [0.5, 0.6) is 0 Å². The third-order valence-corrected chi connectivity index (χ3v) is 5.40. The van der Waals surface area contributed by atoms with Crippen LogP contribution in [0.3, 0.4) is 0 Å². The first-order valence-electron chi connectivity index (χ1n) is 8.83. The van der Waals surface area contributed by atoms with Crippen molar-refractivity contribution >= 4 is 28.7 Å². The second kappa shape index (κ2) is 6.22. The van der Waals surface area contributed by atoms with Gasteiger partial charge in [-0.2, -0.15) is 0 Å². The van der Waals surface area contributed by atoms with Gasteiger partial charge in [-0.05, 0) is 31.3 Å². The lowest BCUT2D eigenvalue weighted by molar-refractivity contribution is 0.376. The molecule has 0 fully saturated rings. The molecule has 5 rings (SSSR count). The summed E-state index contributed by atoms with van der Waals surface area (Å²) in [6.45, 7) is 1.03. The number of hydrogen-bond donors (Lipinski definition) is 0. The average Bonchev–Trinajstić information content (AvgIpc) is 3.14.